The third kappa shape index (κ3) is 4.22. The van der Waals surface area contributed by atoms with Gasteiger partial charge in [0.25, 0.3) is 5.91 Å². The standard InChI is InChI=1S/C18H26N6O/c1-3-10-24-13-20-22-17(24)14(2)21-15-7-11-23(12-8-15)18(25)16-6-4-5-9-19-16/h4-6,9,13-15,21H,3,7-8,10-12H2,1-2H3/t14-/m1/s1. The third-order valence-corrected chi connectivity index (χ3v) is 4.65. The summed E-state index contributed by atoms with van der Waals surface area (Å²) in [7, 11) is 0. The van der Waals surface area contributed by atoms with Crippen LogP contribution < -0.4 is 5.32 Å². The Morgan fingerprint density at radius 1 is 1.36 bits per heavy atom. The van der Waals surface area contributed by atoms with Gasteiger partial charge >= 0.3 is 0 Å². The maximum Gasteiger partial charge on any atom is 0.272 e. The van der Waals surface area contributed by atoms with Crippen LogP contribution in [0.4, 0.5) is 0 Å². The van der Waals surface area contributed by atoms with Gasteiger partial charge in [-0.3, -0.25) is 9.78 Å². The molecule has 0 radical (unpaired) electrons. The number of piperidine rings is 1. The van der Waals surface area contributed by atoms with Crippen molar-refractivity contribution in [3.05, 3.63) is 42.2 Å². The molecular weight excluding hydrogens is 316 g/mol. The van der Waals surface area contributed by atoms with Crippen molar-refractivity contribution >= 4 is 5.91 Å². The van der Waals surface area contributed by atoms with Gasteiger partial charge in [0.2, 0.25) is 0 Å². The van der Waals surface area contributed by atoms with Gasteiger partial charge in [0.1, 0.15) is 17.8 Å². The molecule has 1 aliphatic rings. The summed E-state index contributed by atoms with van der Waals surface area (Å²) in [6, 6.07) is 5.98. The molecule has 3 rings (SSSR count). The Hall–Kier alpha value is -2.28. The quantitative estimate of drug-likeness (QED) is 0.869. The van der Waals surface area contributed by atoms with Gasteiger partial charge in [0, 0.05) is 31.9 Å². The average molecular weight is 342 g/mol. The first-order chi connectivity index (χ1) is 12.2. The zero-order valence-electron chi connectivity index (χ0n) is 14.9. The summed E-state index contributed by atoms with van der Waals surface area (Å²) < 4.78 is 2.11. The fourth-order valence-corrected chi connectivity index (χ4v) is 3.34. The van der Waals surface area contributed by atoms with E-state index in [1.54, 1.807) is 18.6 Å². The number of rotatable bonds is 6. The maximum absolute atomic E-state index is 12.5. The molecule has 1 saturated heterocycles. The lowest BCUT2D eigenvalue weighted by Gasteiger charge is -2.33. The van der Waals surface area contributed by atoms with E-state index in [9.17, 15) is 4.79 Å². The van der Waals surface area contributed by atoms with Crippen LogP contribution in [0.2, 0.25) is 0 Å². The molecule has 2 aromatic heterocycles. The fourth-order valence-electron chi connectivity index (χ4n) is 3.34. The minimum Gasteiger partial charge on any atom is -0.337 e. The van der Waals surface area contributed by atoms with Gasteiger partial charge in [0.15, 0.2) is 0 Å². The number of pyridine rings is 1. The van der Waals surface area contributed by atoms with Gasteiger partial charge < -0.3 is 14.8 Å². The van der Waals surface area contributed by atoms with Gasteiger partial charge in [-0.05, 0) is 38.3 Å². The van der Waals surface area contributed by atoms with Crippen LogP contribution in [0.25, 0.3) is 0 Å². The van der Waals surface area contributed by atoms with E-state index in [1.165, 1.54) is 0 Å². The molecule has 1 aliphatic heterocycles. The van der Waals surface area contributed by atoms with Gasteiger partial charge in [-0.15, -0.1) is 10.2 Å². The molecule has 0 bridgehead atoms. The minimum atomic E-state index is 0.0230. The molecule has 0 saturated carbocycles. The van der Waals surface area contributed by atoms with E-state index in [4.69, 9.17) is 0 Å². The molecule has 1 atom stereocenters. The first kappa shape index (κ1) is 17.5. The largest absolute Gasteiger partial charge is 0.337 e. The SMILES string of the molecule is CCCn1cnnc1[C@@H](C)NC1CCN(C(=O)c2ccccn2)CC1. The van der Waals surface area contributed by atoms with E-state index < -0.39 is 0 Å². The molecule has 1 fully saturated rings. The summed E-state index contributed by atoms with van der Waals surface area (Å²) in [6.45, 7) is 6.71. The second kappa shape index (κ2) is 8.20. The van der Waals surface area contributed by atoms with Gasteiger partial charge in [-0.2, -0.15) is 0 Å². The Labute approximate surface area is 148 Å². The van der Waals surface area contributed by atoms with Crippen LogP contribution in [-0.2, 0) is 6.54 Å². The lowest BCUT2D eigenvalue weighted by Crippen LogP contribution is -2.45. The molecule has 0 aliphatic carbocycles. The monoisotopic (exact) mass is 342 g/mol. The predicted octanol–water partition coefficient (Wildman–Crippen LogP) is 2.04. The van der Waals surface area contributed by atoms with Crippen LogP contribution in [0.15, 0.2) is 30.7 Å². The molecule has 3 heterocycles. The number of hydrogen-bond acceptors (Lipinski definition) is 5. The summed E-state index contributed by atoms with van der Waals surface area (Å²) in [4.78, 5) is 18.5. The smallest absolute Gasteiger partial charge is 0.272 e. The number of likely N-dealkylation sites (tertiary alicyclic amines) is 1. The summed E-state index contributed by atoms with van der Waals surface area (Å²) in [5.41, 5.74) is 0.523. The predicted molar refractivity (Wildman–Crippen MR) is 95.0 cm³/mol. The molecule has 25 heavy (non-hydrogen) atoms. The van der Waals surface area contributed by atoms with Crippen LogP contribution in [0.3, 0.4) is 0 Å². The first-order valence-electron chi connectivity index (χ1n) is 9.03. The van der Waals surface area contributed by atoms with E-state index >= 15 is 0 Å². The number of amides is 1. The second-order valence-electron chi connectivity index (χ2n) is 6.55. The molecule has 1 amide bonds. The van der Waals surface area contributed by atoms with Crippen LogP contribution in [-0.4, -0.2) is 49.7 Å². The topological polar surface area (TPSA) is 75.9 Å². The minimum absolute atomic E-state index is 0.0230. The molecule has 2 aromatic rings. The van der Waals surface area contributed by atoms with E-state index in [1.807, 2.05) is 17.0 Å². The summed E-state index contributed by atoms with van der Waals surface area (Å²) in [6.07, 6.45) is 6.39. The summed E-state index contributed by atoms with van der Waals surface area (Å²) in [5, 5.41) is 11.9. The zero-order chi connectivity index (χ0) is 17.6. The van der Waals surface area contributed by atoms with E-state index in [0.717, 1.165) is 44.7 Å². The second-order valence-corrected chi connectivity index (χ2v) is 6.55. The number of carbonyl (C=O) groups is 1. The van der Waals surface area contributed by atoms with Crippen LogP contribution in [0, 0.1) is 0 Å². The van der Waals surface area contributed by atoms with Crippen LogP contribution >= 0.6 is 0 Å². The first-order valence-corrected chi connectivity index (χ1v) is 9.03. The summed E-state index contributed by atoms with van der Waals surface area (Å²) >= 11 is 0. The lowest BCUT2D eigenvalue weighted by atomic mass is 10.0. The molecule has 0 unspecified atom stereocenters. The molecule has 0 aromatic carbocycles. The fraction of sp³-hybridized carbons (Fsp3) is 0.556. The van der Waals surface area contributed by atoms with Crippen molar-refractivity contribution in [2.45, 2.75) is 51.7 Å². The highest BCUT2D eigenvalue weighted by Gasteiger charge is 2.26. The van der Waals surface area contributed by atoms with Crippen molar-refractivity contribution < 1.29 is 4.79 Å². The number of aryl methyl sites for hydroxylation is 1. The highest BCUT2D eigenvalue weighted by molar-refractivity contribution is 5.92. The Bertz CT molecular complexity index is 678. The molecule has 0 spiro atoms. The lowest BCUT2D eigenvalue weighted by molar-refractivity contribution is 0.0696. The van der Waals surface area contributed by atoms with Crippen molar-refractivity contribution in [2.75, 3.05) is 13.1 Å². The van der Waals surface area contributed by atoms with Crippen molar-refractivity contribution in [1.82, 2.24) is 30.0 Å². The van der Waals surface area contributed by atoms with E-state index in [-0.39, 0.29) is 11.9 Å². The molecule has 134 valence electrons. The van der Waals surface area contributed by atoms with Gasteiger partial charge in [-0.25, -0.2) is 0 Å². The molecule has 7 nitrogen and oxygen atoms in total. The van der Waals surface area contributed by atoms with Crippen LogP contribution in [0.1, 0.15) is 55.5 Å². The number of aromatic nitrogens is 4. The van der Waals surface area contributed by atoms with Crippen molar-refractivity contribution in [1.29, 1.82) is 0 Å². The Morgan fingerprint density at radius 2 is 2.16 bits per heavy atom. The molecule has 1 N–H and O–H groups in total. The zero-order valence-corrected chi connectivity index (χ0v) is 14.9. The Morgan fingerprint density at radius 3 is 2.84 bits per heavy atom. The highest BCUT2D eigenvalue weighted by atomic mass is 16.2. The number of nitrogens with one attached hydrogen (secondary N) is 1. The van der Waals surface area contributed by atoms with Crippen molar-refractivity contribution in [3.8, 4) is 0 Å². The number of hydrogen-bond donors (Lipinski definition) is 1. The summed E-state index contributed by atoms with van der Waals surface area (Å²) in [5.74, 6) is 1.00. The normalized spacial score (nSPS) is 16.8. The van der Waals surface area contributed by atoms with Crippen molar-refractivity contribution in [3.63, 3.8) is 0 Å². The third-order valence-electron chi connectivity index (χ3n) is 4.65. The Balaban J connectivity index is 1.52. The van der Waals surface area contributed by atoms with Gasteiger partial charge in [-0.1, -0.05) is 13.0 Å². The highest BCUT2D eigenvalue weighted by Crippen LogP contribution is 2.17. The van der Waals surface area contributed by atoms with E-state index in [2.05, 4.69) is 38.9 Å². The average Bonchev–Trinajstić information content (AvgIpc) is 3.11. The number of nitrogens with zero attached hydrogens (tertiary/aromatic N) is 5. The molecular formula is C18H26N6O. The van der Waals surface area contributed by atoms with E-state index in [0.29, 0.717) is 11.7 Å². The van der Waals surface area contributed by atoms with Gasteiger partial charge in [0.05, 0.1) is 6.04 Å². The molecule has 7 heteroatoms. The maximum atomic E-state index is 12.5. The van der Waals surface area contributed by atoms with Crippen molar-refractivity contribution in [2.24, 2.45) is 0 Å². The number of carbonyl (C=O) groups excluding carboxylic acids is 1. The Kier molecular flexibility index (Phi) is 5.75. The van der Waals surface area contributed by atoms with Crippen LogP contribution in [0.5, 0.6) is 0 Å².